The highest BCUT2D eigenvalue weighted by atomic mass is 16.2. The molecule has 1 aromatic heterocycles. The number of hydrazine groups is 1. The van der Waals surface area contributed by atoms with Crippen LogP contribution in [-0.4, -0.2) is 49.7 Å². The average molecular weight is 339 g/mol. The maximum absolute atomic E-state index is 12.3. The van der Waals surface area contributed by atoms with Gasteiger partial charge in [-0.3, -0.25) is 14.6 Å². The van der Waals surface area contributed by atoms with Crippen LogP contribution in [0.15, 0.2) is 30.6 Å². The summed E-state index contributed by atoms with van der Waals surface area (Å²) in [5.74, 6) is 0.240. The van der Waals surface area contributed by atoms with E-state index in [2.05, 4.69) is 16.1 Å². The Hall–Kier alpha value is -2.96. The second-order valence-electron chi connectivity index (χ2n) is 6.20. The molecule has 3 rings (SSSR count). The molecule has 0 bridgehead atoms. The first kappa shape index (κ1) is 16.9. The van der Waals surface area contributed by atoms with E-state index >= 15 is 0 Å². The summed E-state index contributed by atoms with van der Waals surface area (Å²) in [6, 6.07) is 6.14. The molecule has 0 atom stereocenters. The Bertz CT molecular complexity index is 819. The fourth-order valence-corrected chi connectivity index (χ4v) is 2.98. The number of rotatable bonds is 3. The molecule has 0 N–H and O–H groups in total. The number of nitrogens with zero attached hydrogens (tertiary/aromatic N) is 5. The van der Waals surface area contributed by atoms with Crippen molar-refractivity contribution in [3.05, 3.63) is 41.7 Å². The van der Waals surface area contributed by atoms with Crippen LogP contribution in [0.4, 0.5) is 0 Å². The molecular weight excluding hydrogens is 318 g/mol. The molecule has 130 valence electrons. The smallest absolute Gasteiger partial charge is 0.266 e. The molecular formula is C18H21N5O2. The largest absolute Gasteiger partial charge is 0.273 e. The van der Waals surface area contributed by atoms with Gasteiger partial charge in [-0.2, -0.15) is 0 Å². The van der Waals surface area contributed by atoms with E-state index in [-0.39, 0.29) is 11.8 Å². The molecule has 2 heterocycles. The monoisotopic (exact) mass is 339 g/mol. The first-order valence-electron chi connectivity index (χ1n) is 8.21. The Balaban J connectivity index is 1.73. The summed E-state index contributed by atoms with van der Waals surface area (Å²) in [6.45, 7) is 6.65. The van der Waals surface area contributed by atoms with E-state index < -0.39 is 0 Å². The Morgan fingerprint density at radius 1 is 1.08 bits per heavy atom. The molecule has 1 aliphatic rings. The zero-order valence-electron chi connectivity index (χ0n) is 14.6. The summed E-state index contributed by atoms with van der Waals surface area (Å²) in [5, 5.41) is 7.31. The summed E-state index contributed by atoms with van der Waals surface area (Å²) >= 11 is 0. The van der Waals surface area contributed by atoms with Gasteiger partial charge < -0.3 is 0 Å². The van der Waals surface area contributed by atoms with E-state index in [0.29, 0.717) is 18.9 Å². The standard InChI is InChI=1S/C18H21N5O2/c1-13-9-14(2)11-16(10-13)18-19-12-21(20-18)8-5-17(25)23-7-4-6-22(23)15(3)24/h5,8-12H,4,6-7H2,1-3H3/b8-5-. The summed E-state index contributed by atoms with van der Waals surface area (Å²) in [4.78, 5) is 28.1. The number of carbonyl (C=O) groups excluding carboxylic acids is 2. The van der Waals surface area contributed by atoms with Crippen LogP contribution in [-0.2, 0) is 9.59 Å². The first-order valence-corrected chi connectivity index (χ1v) is 8.21. The second-order valence-corrected chi connectivity index (χ2v) is 6.20. The van der Waals surface area contributed by atoms with E-state index in [4.69, 9.17) is 0 Å². The SMILES string of the molecule is CC(=O)N1CCCN1C(=O)/C=C\n1cnc(-c2cc(C)cc(C)c2)n1. The van der Waals surface area contributed by atoms with Crippen molar-refractivity contribution in [3.63, 3.8) is 0 Å². The molecule has 2 aromatic rings. The summed E-state index contributed by atoms with van der Waals surface area (Å²) in [5.41, 5.74) is 3.24. The average Bonchev–Trinajstić information content (AvgIpc) is 3.21. The van der Waals surface area contributed by atoms with Gasteiger partial charge in [0.15, 0.2) is 5.82 Å². The first-order chi connectivity index (χ1) is 11.9. The Morgan fingerprint density at radius 2 is 1.76 bits per heavy atom. The van der Waals surface area contributed by atoms with E-state index in [9.17, 15) is 9.59 Å². The molecule has 0 spiro atoms. The maximum Gasteiger partial charge on any atom is 0.266 e. The van der Waals surface area contributed by atoms with Gasteiger partial charge in [-0.1, -0.05) is 17.2 Å². The molecule has 7 heteroatoms. The Morgan fingerprint density at radius 3 is 2.44 bits per heavy atom. The highest BCUT2D eigenvalue weighted by Gasteiger charge is 2.27. The van der Waals surface area contributed by atoms with E-state index in [0.717, 1.165) is 23.1 Å². The van der Waals surface area contributed by atoms with E-state index in [1.807, 2.05) is 26.0 Å². The second kappa shape index (κ2) is 6.88. The van der Waals surface area contributed by atoms with Gasteiger partial charge in [-0.15, -0.1) is 5.10 Å². The third-order valence-electron chi connectivity index (χ3n) is 4.01. The van der Waals surface area contributed by atoms with Crippen LogP contribution in [0.25, 0.3) is 17.6 Å². The van der Waals surface area contributed by atoms with Crippen LogP contribution < -0.4 is 0 Å². The van der Waals surface area contributed by atoms with Gasteiger partial charge in [-0.25, -0.2) is 14.7 Å². The van der Waals surface area contributed by atoms with Crippen molar-refractivity contribution >= 4 is 18.0 Å². The van der Waals surface area contributed by atoms with Gasteiger partial charge in [0.2, 0.25) is 5.91 Å². The molecule has 7 nitrogen and oxygen atoms in total. The summed E-state index contributed by atoms with van der Waals surface area (Å²) in [7, 11) is 0. The molecule has 1 saturated heterocycles. The molecule has 25 heavy (non-hydrogen) atoms. The Labute approximate surface area is 146 Å². The van der Waals surface area contributed by atoms with Crippen molar-refractivity contribution in [3.8, 4) is 11.4 Å². The summed E-state index contributed by atoms with van der Waals surface area (Å²) < 4.78 is 1.50. The zero-order valence-corrected chi connectivity index (χ0v) is 14.6. The highest BCUT2D eigenvalue weighted by Crippen LogP contribution is 2.18. The molecule has 1 fully saturated rings. The molecule has 2 amide bonds. The quantitative estimate of drug-likeness (QED) is 0.802. The molecule has 0 unspecified atom stereocenters. The van der Waals surface area contributed by atoms with Crippen LogP contribution in [0.3, 0.4) is 0 Å². The minimum Gasteiger partial charge on any atom is -0.273 e. The third-order valence-corrected chi connectivity index (χ3v) is 4.01. The van der Waals surface area contributed by atoms with Crippen molar-refractivity contribution in [2.75, 3.05) is 13.1 Å². The van der Waals surface area contributed by atoms with Crippen LogP contribution >= 0.6 is 0 Å². The highest BCUT2D eigenvalue weighted by molar-refractivity contribution is 5.91. The number of aromatic nitrogens is 3. The lowest BCUT2D eigenvalue weighted by molar-refractivity contribution is -0.153. The van der Waals surface area contributed by atoms with Crippen molar-refractivity contribution in [2.45, 2.75) is 27.2 Å². The van der Waals surface area contributed by atoms with Crippen LogP contribution in [0.5, 0.6) is 0 Å². The number of carbonyl (C=O) groups is 2. The molecule has 0 saturated carbocycles. The maximum atomic E-state index is 12.3. The third kappa shape index (κ3) is 3.76. The van der Waals surface area contributed by atoms with Gasteiger partial charge in [0.25, 0.3) is 5.91 Å². The lowest BCUT2D eigenvalue weighted by Crippen LogP contribution is -2.43. The van der Waals surface area contributed by atoms with Crippen molar-refractivity contribution < 1.29 is 9.59 Å². The lowest BCUT2D eigenvalue weighted by atomic mass is 10.1. The van der Waals surface area contributed by atoms with Crippen molar-refractivity contribution in [2.24, 2.45) is 0 Å². The fraction of sp³-hybridized carbons (Fsp3) is 0.333. The number of benzene rings is 1. The van der Waals surface area contributed by atoms with Gasteiger partial charge in [0.1, 0.15) is 6.33 Å². The molecule has 0 radical (unpaired) electrons. The van der Waals surface area contributed by atoms with Gasteiger partial charge in [0, 0.05) is 37.9 Å². The van der Waals surface area contributed by atoms with Crippen LogP contribution in [0, 0.1) is 13.8 Å². The van der Waals surface area contributed by atoms with Gasteiger partial charge in [0.05, 0.1) is 0 Å². The van der Waals surface area contributed by atoms with E-state index in [1.54, 1.807) is 12.5 Å². The molecule has 1 aliphatic heterocycles. The minimum atomic E-state index is -0.240. The normalized spacial score (nSPS) is 14.5. The lowest BCUT2D eigenvalue weighted by Gasteiger charge is -2.25. The van der Waals surface area contributed by atoms with Crippen molar-refractivity contribution in [1.29, 1.82) is 0 Å². The number of aryl methyl sites for hydroxylation is 2. The summed E-state index contributed by atoms with van der Waals surface area (Å²) in [6.07, 6.45) is 5.31. The van der Waals surface area contributed by atoms with E-state index in [1.165, 1.54) is 27.7 Å². The zero-order chi connectivity index (χ0) is 18.0. The predicted octanol–water partition coefficient (Wildman–Crippen LogP) is 2.03. The molecule has 0 aliphatic carbocycles. The van der Waals surface area contributed by atoms with Crippen molar-refractivity contribution in [1.82, 2.24) is 24.8 Å². The number of hydrogen-bond donors (Lipinski definition) is 0. The topological polar surface area (TPSA) is 71.3 Å². The van der Waals surface area contributed by atoms with Crippen LogP contribution in [0.1, 0.15) is 24.5 Å². The molecule has 1 aromatic carbocycles. The Kier molecular flexibility index (Phi) is 4.65. The van der Waals surface area contributed by atoms with Gasteiger partial charge in [-0.05, 0) is 32.4 Å². The number of hydrogen-bond acceptors (Lipinski definition) is 4. The fourth-order valence-electron chi connectivity index (χ4n) is 2.98. The van der Waals surface area contributed by atoms with Gasteiger partial charge >= 0.3 is 0 Å². The van der Waals surface area contributed by atoms with Crippen LogP contribution in [0.2, 0.25) is 0 Å². The minimum absolute atomic E-state index is 0.128. The number of amides is 2. The predicted molar refractivity (Wildman–Crippen MR) is 94.0 cm³/mol.